The van der Waals surface area contributed by atoms with E-state index in [1.165, 1.54) is 4.90 Å². The van der Waals surface area contributed by atoms with Gasteiger partial charge in [-0.2, -0.15) is 0 Å². The Morgan fingerprint density at radius 1 is 1.47 bits per heavy atom. The minimum atomic E-state index is -1.18. The molecule has 0 spiro atoms. The number of hydrogen-bond donors (Lipinski definition) is 5. The zero-order chi connectivity index (χ0) is 12.6. The lowest BCUT2D eigenvalue weighted by Gasteiger charge is -2.32. The van der Waals surface area contributed by atoms with E-state index in [2.05, 4.69) is 4.99 Å². The third-order valence-electron chi connectivity index (χ3n) is 2.95. The molecule has 0 bridgehead atoms. The Labute approximate surface area is 97.8 Å². The Morgan fingerprint density at radius 2 is 2.18 bits per heavy atom. The third kappa shape index (κ3) is 2.12. The largest absolute Gasteiger partial charge is 0.394 e. The van der Waals surface area contributed by atoms with Gasteiger partial charge in [0.25, 0.3) is 0 Å². The van der Waals surface area contributed by atoms with Crippen molar-refractivity contribution in [3.63, 3.8) is 0 Å². The van der Waals surface area contributed by atoms with E-state index < -0.39 is 24.5 Å². The molecule has 0 aromatic heterocycles. The van der Waals surface area contributed by atoms with E-state index in [1.54, 1.807) is 0 Å². The minimum absolute atomic E-state index is 0.108. The molecule has 2 rings (SSSR count). The molecule has 2 aliphatic heterocycles. The Hall–Kier alpha value is -1.22. The number of rotatable bonds is 2. The summed E-state index contributed by atoms with van der Waals surface area (Å²) in [5.74, 6) is 0.251. The fourth-order valence-corrected chi connectivity index (χ4v) is 1.98. The summed E-state index contributed by atoms with van der Waals surface area (Å²) in [6, 6.07) is 0. The molecular weight excluding hydrogens is 228 g/mol. The highest BCUT2D eigenvalue weighted by atomic mass is 16.6. The molecule has 0 aliphatic carbocycles. The van der Waals surface area contributed by atoms with E-state index in [-0.39, 0.29) is 12.6 Å². The van der Waals surface area contributed by atoms with Crippen molar-refractivity contribution < 1.29 is 20.1 Å². The van der Waals surface area contributed by atoms with Crippen LogP contribution in [0.15, 0.2) is 4.99 Å². The van der Waals surface area contributed by atoms with Crippen molar-refractivity contribution >= 4 is 11.8 Å². The molecule has 2 aliphatic rings. The second-order valence-corrected chi connectivity index (χ2v) is 4.10. The third-order valence-corrected chi connectivity index (χ3v) is 2.95. The number of nitrogens with zero attached hydrogens (tertiary/aromatic N) is 2. The van der Waals surface area contributed by atoms with Crippen LogP contribution < -0.4 is 5.73 Å². The molecule has 0 radical (unpaired) electrons. The van der Waals surface area contributed by atoms with Crippen molar-refractivity contribution in [1.29, 1.82) is 5.41 Å². The van der Waals surface area contributed by atoms with Gasteiger partial charge in [-0.3, -0.25) is 5.41 Å². The molecule has 8 nitrogen and oxygen atoms in total. The van der Waals surface area contributed by atoms with Crippen molar-refractivity contribution in [2.45, 2.75) is 31.0 Å². The molecule has 6 N–H and O–H groups in total. The van der Waals surface area contributed by atoms with Crippen LogP contribution in [-0.4, -0.2) is 69.7 Å². The maximum Gasteiger partial charge on any atom is 0.221 e. The van der Waals surface area contributed by atoms with E-state index in [1.807, 2.05) is 0 Å². The quantitative estimate of drug-likeness (QED) is 0.362. The highest BCUT2D eigenvalue weighted by Crippen LogP contribution is 2.25. The first kappa shape index (κ1) is 12.2. The molecule has 8 heteroatoms. The summed E-state index contributed by atoms with van der Waals surface area (Å²) in [5, 5.41) is 36.0. The first-order valence-corrected chi connectivity index (χ1v) is 5.35. The number of ether oxygens (including phenoxy) is 1. The molecule has 2 heterocycles. The van der Waals surface area contributed by atoms with Crippen LogP contribution in [0.1, 0.15) is 6.42 Å². The Morgan fingerprint density at radius 3 is 2.71 bits per heavy atom. The maximum absolute atomic E-state index is 9.79. The van der Waals surface area contributed by atoms with Crippen molar-refractivity contribution in [1.82, 2.24) is 4.90 Å². The molecule has 0 aromatic carbocycles. The summed E-state index contributed by atoms with van der Waals surface area (Å²) in [5.41, 5.74) is 5.49. The number of aliphatic hydroxyl groups excluding tert-OH is 3. The van der Waals surface area contributed by atoms with E-state index in [0.717, 1.165) is 0 Å². The van der Waals surface area contributed by atoms with Crippen molar-refractivity contribution in [3.8, 4) is 0 Å². The second kappa shape index (κ2) is 4.57. The standard InChI is InChI=1S/C9H16N4O4/c10-5-1-2-13(9(11)12-5)8-7(16)6(15)4(3-14)17-8/h4,6-8,14-16H,1-3H2,(H3,10,11,12)/t4-,6-,7-,8-/m1/s1. The van der Waals surface area contributed by atoms with E-state index >= 15 is 0 Å². The van der Waals surface area contributed by atoms with Gasteiger partial charge in [-0.15, -0.1) is 0 Å². The smallest absolute Gasteiger partial charge is 0.221 e. The summed E-state index contributed by atoms with van der Waals surface area (Å²) >= 11 is 0. The van der Waals surface area contributed by atoms with Gasteiger partial charge in [0, 0.05) is 13.0 Å². The number of amidine groups is 1. The topological polar surface area (TPSA) is 135 Å². The van der Waals surface area contributed by atoms with Gasteiger partial charge in [0.05, 0.1) is 6.61 Å². The normalized spacial score (nSPS) is 38.4. The first-order valence-electron chi connectivity index (χ1n) is 5.35. The Bertz CT molecular complexity index is 348. The van der Waals surface area contributed by atoms with Crippen LogP contribution in [-0.2, 0) is 4.74 Å². The molecule has 0 unspecified atom stereocenters. The lowest BCUT2D eigenvalue weighted by atomic mass is 10.1. The number of guanidine groups is 1. The number of hydrogen-bond acceptors (Lipinski definition) is 6. The van der Waals surface area contributed by atoms with Gasteiger partial charge in [0.1, 0.15) is 24.1 Å². The summed E-state index contributed by atoms with van der Waals surface area (Å²) in [7, 11) is 0. The predicted octanol–water partition coefficient (Wildman–Crippen LogP) is -2.58. The minimum Gasteiger partial charge on any atom is -0.394 e. The van der Waals surface area contributed by atoms with E-state index in [9.17, 15) is 10.2 Å². The number of aliphatic hydroxyl groups is 3. The number of aliphatic imine (C=N–C) groups is 1. The summed E-state index contributed by atoms with van der Waals surface area (Å²) in [4.78, 5) is 5.20. The van der Waals surface area contributed by atoms with Gasteiger partial charge in [0.15, 0.2) is 6.23 Å². The van der Waals surface area contributed by atoms with Crippen LogP contribution in [0.4, 0.5) is 0 Å². The lowest BCUT2D eigenvalue weighted by molar-refractivity contribution is -0.0720. The SMILES string of the molecule is N=C1N=C(N)CCN1[C@@H]1O[C@H](CO)[C@@H](O)[C@H]1O. The predicted molar refractivity (Wildman–Crippen MR) is 58.4 cm³/mol. The highest BCUT2D eigenvalue weighted by molar-refractivity contribution is 5.96. The lowest BCUT2D eigenvalue weighted by Crippen LogP contribution is -2.50. The molecule has 0 aromatic rings. The zero-order valence-electron chi connectivity index (χ0n) is 9.15. The average Bonchev–Trinajstić information content (AvgIpc) is 2.57. The molecule has 96 valence electrons. The van der Waals surface area contributed by atoms with Crippen LogP contribution in [0.3, 0.4) is 0 Å². The molecule has 1 fully saturated rings. The van der Waals surface area contributed by atoms with Gasteiger partial charge >= 0.3 is 0 Å². The molecule has 0 saturated carbocycles. The van der Waals surface area contributed by atoms with Crippen molar-refractivity contribution in [2.24, 2.45) is 10.7 Å². The fourth-order valence-electron chi connectivity index (χ4n) is 1.98. The monoisotopic (exact) mass is 244 g/mol. The van der Waals surface area contributed by atoms with Gasteiger partial charge < -0.3 is 30.7 Å². The molecular formula is C9H16N4O4. The molecule has 4 atom stereocenters. The van der Waals surface area contributed by atoms with Gasteiger partial charge in [-0.05, 0) is 0 Å². The summed E-state index contributed by atoms with van der Waals surface area (Å²) in [6.45, 7) is 0.00205. The molecule has 1 saturated heterocycles. The van der Waals surface area contributed by atoms with E-state index in [4.69, 9.17) is 21.0 Å². The van der Waals surface area contributed by atoms with Crippen molar-refractivity contribution in [2.75, 3.05) is 13.2 Å². The van der Waals surface area contributed by atoms with Crippen LogP contribution >= 0.6 is 0 Å². The van der Waals surface area contributed by atoms with Gasteiger partial charge in [-0.25, -0.2) is 4.99 Å². The van der Waals surface area contributed by atoms with Gasteiger partial charge in [-0.1, -0.05) is 0 Å². The van der Waals surface area contributed by atoms with Crippen LogP contribution in [0.25, 0.3) is 0 Å². The number of nitrogens with one attached hydrogen (secondary N) is 1. The van der Waals surface area contributed by atoms with E-state index in [0.29, 0.717) is 18.8 Å². The summed E-state index contributed by atoms with van der Waals surface area (Å²) in [6.07, 6.45) is -3.59. The average molecular weight is 244 g/mol. The fraction of sp³-hybridized carbons (Fsp3) is 0.778. The van der Waals surface area contributed by atoms with Gasteiger partial charge in [0.2, 0.25) is 5.96 Å². The second-order valence-electron chi connectivity index (χ2n) is 4.10. The molecule has 0 amide bonds. The van der Waals surface area contributed by atoms with Crippen LogP contribution in [0, 0.1) is 5.41 Å². The van der Waals surface area contributed by atoms with Crippen LogP contribution in [0.2, 0.25) is 0 Å². The number of nitrogens with two attached hydrogens (primary N) is 1. The Balaban J connectivity index is 2.11. The maximum atomic E-state index is 9.79. The highest BCUT2D eigenvalue weighted by Gasteiger charge is 2.46. The van der Waals surface area contributed by atoms with Crippen LogP contribution in [0.5, 0.6) is 0 Å². The zero-order valence-corrected chi connectivity index (χ0v) is 9.15. The summed E-state index contributed by atoms with van der Waals surface area (Å²) < 4.78 is 5.31. The van der Waals surface area contributed by atoms with Crippen molar-refractivity contribution in [3.05, 3.63) is 0 Å². The Kier molecular flexibility index (Phi) is 3.29. The molecule has 17 heavy (non-hydrogen) atoms. The first-order chi connectivity index (χ1) is 8.04.